The fraction of sp³-hybridized carbons (Fsp3) is 0.471. The van der Waals surface area contributed by atoms with Gasteiger partial charge in [-0.3, -0.25) is 4.79 Å². The summed E-state index contributed by atoms with van der Waals surface area (Å²) in [7, 11) is 0. The molecule has 4 heterocycles. The van der Waals surface area contributed by atoms with Crippen molar-refractivity contribution >= 4 is 28.8 Å². The fourth-order valence-electron chi connectivity index (χ4n) is 3.18. The highest BCUT2D eigenvalue weighted by Crippen LogP contribution is 2.30. The Hall–Kier alpha value is -2.13. The van der Waals surface area contributed by atoms with Gasteiger partial charge >= 0.3 is 0 Å². The zero-order valence-corrected chi connectivity index (χ0v) is 16.1. The molecule has 1 amide bonds. The van der Waals surface area contributed by atoms with Gasteiger partial charge in [-0.1, -0.05) is 17.8 Å². The normalized spacial score (nSPS) is 17.6. The van der Waals surface area contributed by atoms with Gasteiger partial charge in [0.1, 0.15) is 4.88 Å². The number of aromatic nitrogens is 4. The Morgan fingerprint density at radius 2 is 2.31 bits per heavy atom. The van der Waals surface area contributed by atoms with E-state index >= 15 is 0 Å². The first kappa shape index (κ1) is 17.3. The number of aryl methyl sites for hydroxylation is 1. The van der Waals surface area contributed by atoms with Crippen molar-refractivity contribution in [3.8, 4) is 11.5 Å². The summed E-state index contributed by atoms with van der Waals surface area (Å²) < 4.78 is 9.84. The van der Waals surface area contributed by atoms with Crippen LogP contribution in [0.25, 0.3) is 11.5 Å². The number of carbonyl (C=O) groups excluding carboxylic acids is 1. The summed E-state index contributed by atoms with van der Waals surface area (Å²) in [6.45, 7) is 3.41. The minimum atomic E-state index is 0.0192. The molecule has 1 aliphatic heterocycles. The highest BCUT2D eigenvalue weighted by atomic mass is 32.1. The molecule has 1 fully saturated rings. The molecule has 7 nitrogen and oxygen atoms in total. The maximum atomic E-state index is 12.9. The monoisotopic (exact) mass is 389 g/mol. The van der Waals surface area contributed by atoms with Crippen molar-refractivity contribution in [2.45, 2.75) is 38.5 Å². The van der Waals surface area contributed by atoms with Crippen LogP contribution in [-0.4, -0.2) is 43.7 Å². The molecule has 4 rings (SSSR count). The summed E-state index contributed by atoms with van der Waals surface area (Å²) in [6, 6.07) is 1.96. The van der Waals surface area contributed by atoms with E-state index in [9.17, 15) is 4.79 Å². The van der Waals surface area contributed by atoms with Gasteiger partial charge in [0.15, 0.2) is 0 Å². The molecule has 0 aliphatic carbocycles. The average molecular weight is 390 g/mol. The van der Waals surface area contributed by atoms with Crippen LogP contribution in [0, 0.1) is 0 Å². The quantitative estimate of drug-likeness (QED) is 0.662. The van der Waals surface area contributed by atoms with Crippen molar-refractivity contribution < 1.29 is 9.21 Å². The second kappa shape index (κ2) is 7.63. The van der Waals surface area contributed by atoms with Gasteiger partial charge in [0.25, 0.3) is 5.91 Å². The summed E-state index contributed by atoms with van der Waals surface area (Å²) >= 11 is 2.78. The van der Waals surface area contributed by atoms with E-state index in [0.717, 1.165) is 43.5 Å². The molecule has 0 bridgehead atoms. The minimum Gasteiger partial charge on any atom is -0.420 e. The zero-order valence-electron chi connectivity index (χ0n) is 14.4. The standard InChI is InChI=1S/C17H19N5O2S2/c1-2-4-13-14(26-21-18-13)17(23)22-7-3-5-11(9-22)15-19-20-16(24-15)12-6-8-25-10-12/h6,8,10-11H,2-5,7,9H2,1H3. The lowest BCUT2D eigenvalue weighted by Gasteiger charge is -2.30. The van der Waals surface area contributed by atoms with Gasteiger partial charge in [0.05, 0.1) is 11.6 Å². The Morgan fingerprint density at radius 3 is 3.12 bits per heavy atom. The topological polar surface area (TPSA) is 85.0 Å². The molecule has 1 aliphatic rings. The van der Waals surface area contributed by atoms with Gasteiger partial charge in [-0.25, -0.2) is 0 Å². The molecule has 3 aromatic heterocycles. The predicted octanol–water partition coefficient (Wildman–Crippen LogP) is 3.62. The Morgan fingerprint density at radius 1 is 1.38 bits per heavy atom. The van der Waals surface area contributed by atoms with Crippen LogP contribution in [0.4, 0.5) is 0 Å². The molecule has 0 spiro atoms. The van der Waals surface area contributed by atoms with E-state index in [2.05, 4.69) is 26.7 Å². The third-order valence-electron chi connectivity index (χ3n) is 4.50. The van der Waals surface area contributed by atoms with Gasteiger partial charge in [-0.2, -0.15) is 11.3 Å². The summed E-state index contributed by atoms with van der Waals surface area (Å²) in [6.07, 6.45) is 3.59. The van der Waals surface area contributed by atoms with E-state index in [4.69, 9.17) is 4.42 Å². The summed E-state index contributed by atoms with van der Waals surface area (Å²) in [5, 5.41) is 16.5. The van der Waals surface area contributed by atoms with Crippen LogP contribution in [0.1, 0.15) is 53.4 Å². The van der Waals surface area contributed by atoms with Gasteiger partial charge in [-0.15, -0.1) is 15.3 Å². The highest BCUT2D eigenvalue weighted by Gasteiger charge is 2.31. The number of hydrogen-bond donors (Lipinski definition) is 0. The fourth-order valence-corrected chi connectivity index (χ4v) is 4.49. The van der Waals surface area contributed by atoms with Gasteiger partial charge in [-0.05, 0) is 42.2 Å². The van der Waals surface area contributed by atoms with Crippen molar-refractivity contribution in [1.82, 2.24) is 24.7 Å². The molecule has 1 atom stereocenters. The summed E-state index contributed by atoms with van der Waals surface area (Å²) in [5.41, 5.74) is 1.75. The molecule has 136 valence electrons. The van der Waals surface area contributed by atoms with Crippen LogP contribution in [0.15, 0.2) is 21.2 Å². The van der Waals surface area contributed by atoms with Crippen LogP contribution in [-0.2, 0) is 6.42 Å². The van der Waals surface area contributed by atoms with Crippen LogP contribution in [0.2, 0.25) is 0 Å². The van der Waals surface area contributed by atoms with Crippen molar-refractivity contribution in [2.75, 3.05) is 13.1 Å². The van der Waals surface area contributed by atoms with Crippen molar-refractivity contribution in [3.63, 3.8) is 0 Å². The van der Waals surface area contributed by atoms with E-state index < -0.39 is 0 Å². The van der Waals surface area contributed by atoms with Crippen LogP contribution in [0.3, 0.4) is 0 Å². The molecule has 3 aromatic rings. The number of piperidine rings is 1. The lowest BCUT2D eigenvalue weighted by Crippen LogP contribution is -2.39. The molecule has 0 saturated carbocycles. The number of carbonyl (C=O) groups is 1. The molecule has 0 aromatic carbocycles. The van der Waals surface area contributed by atoms with Crippen LogP contribution in [0.5, 0.6) is 0 Å². The first-order valence-corrected chi connectivity index (χ1v) is 10.4. The number of amides is 1. The molecule has 9 heteroatoms. The molecule has 1 saturated heterocycles. The Kier molecular flexibility index (Phi) is 5.07. The lowest BCUT2D eigenvalue weighted by atomic mass is 9.97. The molecular formula is C17H19N5O2S2. The zero-order chi connectivity index (χ0) is 17.9. The first-order chi connectivity index (χ1) is 12.8. The minimum absolute atomic E-state index is 0.0192. The number of thiophene rings is 1. The SMILES string of the molecule is CCCc1nnsc1C(=O)N1CCCC(c2nnc(-c3ccsc3)o2)C1. The number of likely N-dealkylation sites (tertiary alicyclic amines) is 1. The van der Waals surface area contributed by atoms with Gasteiger partial charge in [0, 0.05) is 24.0 Å². The second-order valence-electron chi connectivity index (χ2n) is 6.35. The van der Waals surface area contributed by atoms with Crippen LogP contribution >= 0.6 is 22.9 Å². The smallest absolute Gasteiger partial charge is 0.267 e. The maximum Gasteiger partial charge on any atom is 0.267 e. The highest BCUT2D eigenvalue weighted by molar-refractivity contribution is 7.08. The van der Waals surface area contributed by atoms with E-state index in [1.165, 1.54) is 11.5 Å². The number of rotatable bonds is 5. The van der Waals surface area contributed by atoms with Gasteiger partial charge < -0.3 is 9.32 Å². The maximum absolute atomic E-state index is 12.9. The lowest BCUT2D eigenvalue weighted by molar-refractivity contribution is 0.0702. The van der Waals surface area contributed by atoms with Crippen molar-refractivity contribution in [2.24, 2.45) is 0 Å². The van der Waals surface area contributed by atoms with E-state index in [1.54, 1.807) is 11.3 Å². The molecule has 0 N–H and O–H groups in total. The summed E-state index contributed by atoms with van der Waals surface area (Å²) in [4.78, 5) is 15.5. The third kappa shape index (κ3) is 3.41. The Bertz CT molecular complexity index is 873. The summed E-state index contributed by atoms with van der Waals surface area (Å²) in [5.74, 6) is 1.25. The average Bonchev–Trinajstić information content (AvgIpc) is 3.41. The van der Waals surface area contributed by atoms with Crippen LogP contribution < -0.4 is 0 Å². The largest absolute Gasteiger partial charge is 0.420 e. The number of nitrogens with zero attached hydrogens (tertiary/aromatic N) is 5. The van der Waals surface area contributed by atoms with Crippen molar-refractivity contribution in [3.05, 3.63) is 33.3 Å². The molecule has 26 heavy (non-hydrogen) atoms. The molecule has 0 radical (unpaired) electrons. The van der Waals surface area contributed by atoms with Crippen molar-refractivity contribution in [1.29, 1.82) is 0 Å². The second-order valence-corrected chi connectivity index (χ2v) is 7.88. The predicted molar refractivity (Wildman–Crippen MR) is 99.4 cm³/mol. The molecule has 1 unspecified atom stereocenters. The Balaban J connectivity index is 1.49. The van der Waals surface area contributed by atoms with E-state index in [-0.39, 0.29) is 11.8 Å². The number of hydrogen-bond acceptors (Lipinski definition) is 8. The first-order valence-electron chi connectivity index (χ1n) is 8.72. The van der Waals surface area contributed by atoms with Gasteiger partial charge in [0.2, 0.25) is 11.8 Å². The molecular weight excluding hydrogens is 370 g/mol. The van der Waals surface area contributed by atoms with E-state index in [0.29, 0.717) is 23.2 Å². The van der Waals surface area contributed by atoms with E-state index in [1.807, 2.05) is 21.7 Å². The third-order valence-corrected chi connectivity index (χ3v) is 5.94. The Labute approximate surface area is 159 Å².